The number of carbonyl (C=O) groups is 2. The van der Waals surface area contributed by atoms with Crippen LogP contribution in [0.5, 0.6) is 0 Å². The Morgan fingerprint density at radius 1 is 1.30 bits per heavy atom. The molecule has 2 aliphatic rings. The van der Waals surface area contributed by atoms with Gasteiger partial charge in [0, 0.05) is 31.0 Å². The maximum Gasteiger partial charge on any atom is 0.245 e. The van der Waals surface area contributed by atoms with Gasteiger partial charge in [-0.25, -0.2) is 4.39 Å². The van der Waals surface area contributed by atoms with Crippen LogP contribution in [0, 0.1) is 11.7 Å². The third-order valence-electron chi connectivity index (χ3n) is 6.04. The van der Waals surface area contributed by atoms with E-state index in [0.717, 1.165) is 25.7 Å². The molecule has 6 heteroatoms. The van der Waals surface area contributed by atoms with Crippen LogP contribution in [-0.4, -0.2) is 36.3 Å². The minimum absolute atomic E-state index is 0.00517. The maximum absolute atomic E-state index is 14.6. The average Bonchev–Trinajstić information content (AvgIpc) is 3.17. The molecule has 1 saturated heterocycles. The second kappa shape index (κ2) is 8.42. The monoisotopic (exact) mass is 392 g/mol. The first-order valence-corrected chi connectivity index (χ1v) is 9.98. The Labute approximate surface area is 164 Å². The summed E-state index contributed by atoms with van der Waals surface area (Å²) in [5.41, 5.74) is 0.226. The summed E-state index contributed by atoms with van der Waals surface area (Å²) >= 11 is 5.99. The molecule has 4 nitrogen and oxygen atoms in total. The van der Waals surface area contributed by atoms with E-state index in [4.69, 9.17) is 11.6 Å². The van der Waals surface area contributed by atoms with Gasteiger partial charge in [-0.2, -0.15) is 0 Å². The summed E-state index contributed by atoms with van der Waals surface area (Å²) in [5, 5.41) is 3.20. The van der Waals surface area contributed by atoms with Crippen LogP contribution in [0.4, 0.5) is 4.39 Å². The Morgan fingerprint density at radius 2 is 1.96 bits per heavy atom. The molecule has 0 bridgehead atoms. The maximum atomic E-state index is 14.6. The predicted molar refractivity (Wildman–Crippen MR) is 104 cm³/mol. The fraction of sp³-hybridized carbons (Fsp3) is 0.524. The standard InChI is InChI=1S/C21H26ClFN2O2/c1-2-18(26)25-12-8-15(9-13-25)20(27)24-14-21(10-3-4-11-21)16-6-5-7-17(22)19(16)23/h2,5-7,15H,1,3-4,8-14H2,(H,24,27). The van der Waals surface area contributed by atoms with Crippen molar-refractivity contribution < 1.29 is 14.0 Å². The minimum Gasteiger partial charge on any atom is -0.355 e. The number of piperidine rings is 1. The molecule has 3 rings (SSSR count). The lowest BCUT2D eigenvalue weighted by molar-refractivity contribution is -0.132. The van der Waals surface area contributed by atoms with E-state index in [0.29, 0.717) is 38.0 Å². The molecule has 0 aromatic heterocycles. The predicted octanol–water partition coefficient (Wildman–Crippen LogP) is 3.83. The average molecular weight is 393 g/mol. The molecule has 2 amide bonds. The number of carbonyl (C=O) groups excluding carboxylic acids is 2. The van der Waals surface area contributed by atoms with Gasteiger partial charge >= 0.3 is 0 Å². The molecule has 146 valence electrons. The van der Waals surface area contributed by atoms with E-state index in [1.165, 1.54) is 6.08 Å². The van der Waals surface area contributed by atoms with Crippen LogP contribution in [0.2, 0.25) is 5.02 Å². The summed E-state index contributed by atoms with van der Waals surface area (Å²) in [6.07, 6.45) is 6.32. The Bertz CT molecular complexity index is 723. The van der Waals surface area contributed by atoms with Crippen molar-refractivity contribution in [3.05, 3.63) is 47.3 Å². The minimum atomic E-state index is -0.385. The highest BCUT2D eigenvalue weighted by atomic mass is 35.5. The Balaban J connectivity index is 1.64. The lowest BCUT2D eigenvalue weighted by atomic mass is 9.78. The number of likely N-dealkylation sites (tertiary alicyclic amines) is 1. The molecule has 1 aliphatic heterocycles. The highest BCUT2D eigenvalue weighted by molar-refractivity contribution is 6.30. The molecule has 1 aliphatic carbocycles. The van der Waals surface area contributed by atoms with Crippen molar-refractivity contribution in [2.45, 2.75) is 43.9 Å². The van der Waals surface area contributed by atoms with Crippen LogP contribution in [0.1, 0.15) is 44.1 Å². The zero-order chi connectivity index (χ0) is 19.4. The fourth-order valence-electron chi connectivity index (χ4n) is 4.40. The van der Waals surface area contributed by atoms with Crippen LogP contribution in [0.15, 0.2) is 30.9 Å². The molecule has 27 heavy (non-hydrogen) atoms. The van der Waals surface area contributed by atoms with Crippen molar-refractivity contribution in [1.29, 1.82) is 0 Å². The van der Waals surface area contributed by atoms with Gasteiger partial charge in [-0.05, 0) is 43.4 Å². The van der Waals surface area contributed by atoms with Crippen LogP contribution >= 0.6 is 11.6 Å². The quantitative estimate of drug-likeness (QED) is 0.774. The summed E-state index contributed by atoms with van der Waals surface area (Å²) in [5.74, 6) is -0.572. The van der Waals surface area contributed by atoms with Gasteiger partial charge in [0.15, 0.2) is 0 Å². The molecular formula is C21H26ClFN2O2. The lowest BCUT2D eigenvalue weighted by Gasteiger charge is -2.33. The van der Waals surface area contributed by atoms with Gasteiger partial charge in [0.2, 0.25) is 11.8 Å². The van der Waals surface area contributed by atoms with Crippen molar-refractivity contribution in [3.8, 4) is 0 Å². The molecule has 1 aromatic rings. The van der Waals surface area contributed by atoms with E-state index in [2.05, 4.69) is 11.9 Å². The second-order valence-electron chi connectivity index (χ2n) is 7.61. The first kappa shape index (κ1) is 19.9. The van der Waals surface area contributed by atoms with Crippen LogP contribution in [0.25, 0.3) is 0 Å². The van der Waals surface area contributed by atoms with Gasteiger partial charge in [-0.3, -0.25) is 9.59 Å². The molecule has 0 spiro atoms. The van der Waals surface area contributed by atoms with Gasteiger partial charge in [-0.15, -0.1) is 0 Å². The van der Waals surface area contributed by atoms with E-state index < -0.39 is 0 Å². The fourth-order valence-corrected chi connectivity index (χ4v) is 4.57. The number of rotatable bonds is 5. The molecule has 0 radical (unpaired) electrons. The summed E-state index contributed by atoms with van der Waals surface area (Å²) in [6, 6.07) is 5.12. The van der Waals surface area contributed by atoms with Crippen LogP contribution in [0.3, 0.4) is 0 Å². The number of amides is 2. The SMILES string of the molecule is C=CC(=O)N1CCC(C(=O)NCC2(c3cccc(Cl)c3F)CCCC2)CC1. The zero-order valence-electron chi connectivity index (χ0n) is 15.5. The Kier molecular flexibility index (Phi) is 6.20. The number of nitrogens with one attached hydrogen (secondary N) is 1. The first-order valence-electron chi connectivity index (χ1n) is 9.60. The number of hydrogen-bond donors (Lipinski definition) is 1. The first-order chi connectivity index (χ1) is 13.0. The molecule has 1 heterocycles. The molecule has 1 N–H and O–H groups in total. The van der Waals surface area contributed by atoms with Crippen molar-refractivity contribution in [2.24, 2.45) is 5.92 Å². The van der Waals surface area contributed by atoms with Gasteiger partial charge in [0.25, 0.3) is 0 Å². The van der Waals surface area contributed by atoms with E-state index in [1.807, 2.05) is 0 Å². The van der Waals surface area contributed by atoms with Crippen LogP contribution < -0.4 is 5.32 Å². The Hall–Kier alpha value is -1.88. The number of benzene rings is 1. The molecule has 0 unspecified atom stereocenters. The molecular weight excluding hydrogens is 367 g/mol. The molecule has 1 aromatic carbocycles. The number of halogens is 2. The van der Waals surface area contributed by atoms with Crippen LogP contribution in [-0.2, 0) is 15.0 Å². The van der Waals surface area contributed by atoms with E-state index >= 15 is 0 Å². The third-order valence-corrected chi connectivity index (χ3v) is 6.33. The van der Waals surface area contributed by atoms with Crippen molar-refractivity contribution in [1.82, 2.24) is 10.2 Å². The lowest BCUT2D eigenvalue weighted by Crippen LogP contribution is -2.45. The third kappa shape index (κ3) is 4.18. The smallest absolute Gasteiger partial charge is 0.245 e. The van der Waals surface area contributed by atoms with E-state index in [9.17, 15) is 14.0 Å². The molecule has 1 saturated carbocycles. The second-order valence-corrected chi connectivity index (χ2v) is 8.02. The molecule has 2 fully saturated rings. The van der Waals surface area contributed by atoms with Crippen molar-refractivity contribution in [2.75, 3.05) is 19.6 Å². The zero-order valence-corrected chi connectivity index (χ0v) is 16.2. The van der Waals surface area contributed by atoms with Gasteiger partial charge in [-0.1, -0.05) is 43.2 Å². The number of hydrogen-bond acceptors (Lipinski definition) is 2. The highest BCUT2D eigenvalue weighted by Crippen LogP contribution is 2.42. The highest BCUT2D eigenvalue weighted by Gasteiger charge is 2.39. The van der Waals surface area contributed by atoms with Crippen molar-refractivity contribution in [3.63, 3.8) is 0 Å². The summed E-state index contributed by atoms with van der Waals surface area (Å²) < 4.78 is 14.6. The summed E-state index contributed by atoms with van der Waals surface area (Å²) in [6.45, 7) is 5.06. The van der Waals surface area contributed by atoms with E-state index in [-0.39, 0.29) is 34.0 Å². The Morgan fingerprint density at radius 3 is 2.59 bits per heavy atom. The van der Waals surface area contributed by atoms with Crippen molar-refractivity contribution >= 4 is 23.4 Å². The van der Waals surface area contributed by atoms with Gasteiger partial charge in [0.05, 0.1) is 5.02 Å². The normalized spacial score (nSPS) is 19.7. The molecule has 0 atom stereocenters. The largest absolute Gasteiger partial charge is 0.355 e. The number of nitrogens with zero attached hydrogens (tertiary/aromatic N) is 1. The topological polar surface area (TPSA) is 49.4 Å². The summed E-state index contributed by atoms with van der Waals surface area (Å²) in [4.78, 5) is 26.1. The summed E-state index contributed by atoms with van der Waals surface area (Å²) in [7, 11) is 0. The van der Waals surface area contributed by atoms with E-state index in [1.54, 1.807) is 23.1 Å². The van der Waals surface area contributed by atoms with Gasteiger partial charge < -0.3 is 10.2 Å². The van der Waals surface area contributed by atoms with Gasteiger partial charge in [0.1, 0.15) is 5.82 Å².